The van der Waals surface area contributed by atoms with Crippen LogP contribution < -0.4 is 5.69 Å². The standard InChI is InChI=1S/C12H13N3O3/c1-8(2)11-7-13-12(16)14(11)9-3-5-10(6-4-9)15(17)18/h3-8H,1-2H3,(H,13,16). The molecule has 2 rings (SSSR count). The normalized spacial score (nSPS) is 10.8. The molecule has 0 aliphatic heterocycles. The van der Waals surface area contributed by atoms with Crippen molar-refractivity contribution in [2.45, 2.75) is 19.8 Å². The van der Waals surface area contributed by atoms with Crippen molar-refractivity contribution < 1.29 is 4.92 Å². The van der Waals surface area contributed by atoms with Crippen molar-refractivity contribution in [3.8, 4) is 5.69 Å². The van der Waals surface area contributed by atoms with E-state index in [0.717, 1.165) is 5.69 Å². The lowest BCUT2D eigenvalue weighted by molar-refractivity contribution is -0.384. The van der Waals surface area contributed by atoms with Crippen LogP contribution in [-0.2, 0) is 0 Å². The van der Waals surface area contributed by atoms with E-state index >= 15 is 0 Å². The van der Waals surface area contributed by atoms with Gasteiger partial charge >= 0.3 is 5.69 Å². The van der Waals surface area contributed by atoms with Gasteiger partial charge < -0.3 is 4.98 Å². The summed E-state index contributed by atoms with van der Waals surface area (Å²) in [5.41, 5.74) is 1.23. The van der Waals surface area contributed by atoms with Crippen molar-refractivity contribution in [3.63, 3.8) is 0 Å². The fraction of sp³-hybridized carbons (Fsp3) is 0.250. The quantitative estimate of drug-likeness (QED) is 0.666. The molecule has 0 bridgehead atoms. The minimum absolute atomic E-state index is 0.00781. The van der Waals surface area contributed by atoms with Gasteiger partial charge in [-0.1, -0.05) is 13.8 Å². The molecule has 0 unspecified atom stereocenters. The Bertz CT molecular complexity index is 623. The first kappa shape index (κ1) is 12.1. The molecule has 2 aromatic rings. The topological polar surface area (TPSA) is 80.9 Å². The summed E-state index contributed by atoms with van der Waals surface area (Å²) in [6, 6.07) is 5.91. The van der Waals surface area contributed by atoms with E-state index in [0.29, 0.717) is 5.69 Å². The second-order valence-electron chi connectivity index (χ2n) is 4.28. The van der Waals surface area contributed by atoms with E-state index in [1.54, 1.807) is 18.3 Å². The molecule has 18 heavy (non-hydrogen) atoms. The Labute approximate surface area is 103 Å². The number of non-ortho nitro benzene ring substituents is 1. The Kier molecular flexibility index (Phi) is 3.01. The van der Waals surface area contributed by atoms with Crippen LogP contribution in [0.3, 0.4) is 0 Å². The maximum Gasteiger partial charge on any atom is 0.330 e. The predicted octanol–water partition coefficient (Wildman–Crippen LogP) is 2.20. The highest BCUT2D eigenvalue weighted by Crippen LogP contribution is 2.19. The number of aromatic amines is 1. The Hall–Kier alpha value is -2.37. The second kappa shape index (κ2) is 4.48. The van der Waals surface area contributed by atoms with E-state index < -0.39 is 4.92 Å². The predicted molar refractivity (Wildman–Crippen MR) is 67.1 cm³/mol. The molecule has 1 aromatic carbocycles. The van der Waals surface area contributed by atoms with Gasteiger partial charge in [-0.15, -0.1) is 0 Å². The van der Waals surface area contributed by atoms with Crippen LogP contribution in [0.2, 0.25) is 0 Å². The molecule has 6 nitrogen and oxygen atoms in total. The van der Waals surface area contributed by atoms with E-state index in [1.165, 1.54) is 16.7 Å². The lowest BCUT2D eigenvalue weighted by Crippen LogP contribution is -2.17. The van der Waals surface area contributed by atoms with Gasteiger partial charge in [-0.05, 0) is 18.1 Å². The zero-order valence-corrected chi connectivity index (χ0v) is 10.1. The zero-order chi connectivity index (χ0) is 13.3. The summed E-state index contributed by atoms with van der Waals surface area (Å²) in [7, 11) is 0. The van der Waals surface area contributed by atoms with Crippen LogP contribution >= 0.6 is 0 Å². The summed E-state index contributed by atoms with van der Waals surface area (Å²) in [6.45, 7) is 3.95. The third-order valence-electron chi connectivity index (χ3n) is 2.72. The molecule has 0 spiro atoms. The van der Waals surface area contributed by atoms with E-state index in [1.807, 2.05) is 13.8 Å². The molecule has 1 heterocycles. The highest BCUT2D eigenvalue weighted by Gasteiger charge is 2.12. The van der Waals surface area contributed by atoms with Crippen molar-refractivity contribution in [3.05, 3.63) is 56.8 Å². The van der Waals surface area contributed by atoms with Crippen molar-refractivity contribution in [2.24, 2.45) is 0 Å². The highest BCUT2D eigenvalue weighted by atomic mass is 16.6. The number of aromatic nitrogens is 2. The SMILES string of the molecule is CC(C)c1c[nH]c(=O)n1-c1ccc([N+](=O)[O-])cc1. The fourth-order valence-corrected chi connectivity index (χ4v) is 1.80. The van der Waals surface area contributed by atoms with Crippen LogP contribution in [0.25, 0.3) is 5.69 Å². The number of benzene rings is 1. The molecule has 0 saturated heterocycles. The van der Waals surface area contributed by atoms with Gasteiger partial charge in [0.2, 0.25) is 0 Å². The number of rotatable bonds is 3. The summed E-state index contributed by atoms with van der Waals surface area (Å²) in [5, 5.41) is 10.6. The average Bonchev–Trinajstić information content (AvgIpc) is 2.71. The number of nitrogens with zero attached hydrogens (tertiary/aromatic N) is 2. The number of hydrogen-bond acceptors (Lipinski definition) is 3. The highest BCUT2D eigenvalue weighted by molar-refractivity contribution is 5.42. The molecular weight excluding hydrogens is 234 g/mol. The number of nitrogens with one attached hydrogen (secondary N) is 1. The van der Waals surface area contributed by atoms with Gasteiger partial charge in [-0.3, -0.25) is 14.7 Å². The summed E-state index contributed by atoms with van der Waals surface area (Å²) >= 11 is 0. The van der Waals surface area contributed by atoms with E-state index in [-0.39, 0.29) is 17.3 Å². The lowest BCUT2D eigenvalue weighted by atomic mass is 10.1. The first-order valence-electron chi connectivity index (χ1n) is 5.56. The molecule has 0 amide bonds. The second-order valence-corrected chi connectivity index (χ2v) is 4.28. The largest absolute Gasteiger partial charge is 0.330 e. The van der Waals surface area contributed by atoms with Gasteiger partial charge in [-0.25, -0.2) is 4.79 Å². The van der Waals surface area contributed by atoms with Gasteiger partial charge in [0.25, 0.3) is 5.69 Å². The smallest absolute Gasteiger partial charge is 0.312 e. The van der Waals surface area contributed by atoms with Crippen molar-refractivity contribution >= 4 is 5.69 Å². The third kappa shape index (κ3) is 2.04. The molecule has 94 valence electrons. The minimum atomic E-state index is -0.465. The van der Waals surface area contributed by atoms with Crippen LogP contribution in [0.5, 0.6) is 0 Å². The molecule has 0 radical (unpaired) electrons. The van der Waals surface area contributed by atoms with Gasteiger partial charge in [0, 0.05) is 24.0 Å². The maximum atomic E-state index is 11.7. The number of nitro groups is 1. The van der Waals surface area contributed by atoms with Crippen molar-refractivity contribution in [2.75, 3.05) is 0 Å². The summed E-state index contributed by atoms with van der Waals surface area (Å²) < 4.78 is 1.52. The Morgan fingerprint density at radius 3 is 2.39 bits per heavy atom. The number of hydrogen-bond donors (Lipinski definition) is 1. The van der Waals surface area contributed by atoms with Crippen molar-refractivity contribution in [1.82, 2.24) is 9.55 Å². The third-order valence-corrected chi connectivity index (χ3v) is 2.72. The van der Waals surface area contributed by atoms with E-state index in [2.05, 4.69) is 4.98 Å². The van der Waals surface area contributed by atoms with Gasteiger partial charge in [0.1, 0.15) is 0 Å². The van der Waals surface area contributed by atoms with Gasteiger partial charge in [0.15, 0.2) is 0 Å². The number of H-pyrrole nitrogens is 1. The Morgan fingerprint density at radius 1 is 1.28 bits per heavy atom. The van der Waals surface area contributed by atoms with Crippen LogP contribution in [0, 0.1) is 10.1 Å². The van der Waals surface area contributed by atoms with Crippen LogP contribution in [0.15, 0.2) is 35.3 Å². The molecule has 0 saturated carbocycles. The number of imidazole rings is 1. The van der Waals surface area contributed by atoms with Gasteiger partial charge in [-0.2, -0.15) is 0 Å². The molecule has 0 fully saturated rings. The Morgan fingerprint density at radius 2 is 1.89 bits per heavy atom. The molecule has 0 aliphatic carbocycles. The zero-order valence-electron chi connectivity index (χ0n) is 10.1. The maximum absolute atomic E-state index is 11.7. The average molecular weight is 247 g/mol. The number of nitro benzene ring substituents is 1. The summed E-state index contributed by atoms with van der Waals surface area (Å²) in [4.78, 5) is 24.5. The molecule has 0 aliphatic rings. The first-order valence-corrected chi connectivity index (χ1v) is 5.56. The van der Waals surface area contributed by atoms with E-state index in [9.17, 15) is 14.9 Å². The molecular formula is C12H13N3O3. The van der Waals surface area contributed by atoms with Gasteiger partial charge in [0.05, 0.1) is 10.6 Å². The lowest BCUT2D eigenvalue weighted by Gasteiger charge is -2.09. The van der Waals surface area contributed by atoms with Crippen LogP contribution in [0.4, 0.5) is 5.69 Å². The molecule has 1 aromatic heterocycles. The van der Waals surface area contributed by atoms with Crippen LogP contribution in [0.1, 0.15) is 25.5 Å². The molecule has 1 N–H and O–H groups in total. The first-order chi connectivity index (χ1) is 8.50. The Balaban J connectivity index is 2.52. The minimum Gasteiger partial charge on any atom is -0.312 e. The molecule has 0 atom stereocenters. The fourth-order valence-electron chi connectivity index (χ4n) is 1.80. The monoisotopic (exact) mass is 247 g/mol. The summed E-state index contributed by atoms with van der Waals surface area (Å²) in [5.74, 6) is 0.180. The van der Waals surface area contributed by atoms with Crippen LogP contribution in [-0.4, -0.2) is 14.5 Å². The molecule has 6 heteroatoms. The van der Waals surface area contributed by atoms with Crippen molar-refractivity contribution in [1.29, 1.82) is 0 Å². The van der Waals surface area contributed by atoms with E-state index in [4.69, 9.17) is 0 Å². The summed E-state index contributed by atoms with van der Waals surface area (Å²) in [6.07, 6.45) is 1.66.